The standard InChI is InChI=1S/C13H27N3O/c1-4-7-16(9-8-15(2)3)13(17)11-14-10-12-5-6-12/h12,14H,4-11H2,1-3H3. The van der Waals surface area contributed by atoms with Gasteiger partial charge >= 0.3 is 0 Å². The molecule has 0 atom stereocenters. The molecule has 0 aliphatic heterocycles. The van der Waals surface area contributed by atoms with E-state index in [0.717, 1.165) is 38.5 Å². The first kappa shape index (κ1) is 14.5. The highest BCUT2D eigenvalue weighted by molar-refractivity contribution is 5.78. The van der Waals surface area contributed by atoms with Crippen LogP contribution in [0.3, 0.4) is 0 Å². The topological polar surface area (TPSA) is 35.6 Å². The van der Waals surface area contributed by atoms with Crippen LogP contribution in [0.4, 0.5) is 0 Å². The summed E-state index contributed by atoms with van der Waals surface area (Å²) in [4.78, 5) is 16.1. The van der Waals surface area contributed by atoms with Crippen LogP contribution in [0.2, 0.25) is 0 Å². The number of likely N-dealkylation sites (N-methyl/N-ethyl adjacent to an activating group) is 1. The van der Waals surface area contributed by atoms with Gasteiger partial charge in [0.25, 0.3) is 0 Å². The maximum atomic E-state index is 12.0. The molecule has 0 heterocycles. The molecule has 1 N–H and O–H groups in total. The second kappa shape index (κ2) is 7.67. The molecule has 4 heteroatoms. The van der Waals surface area contributed by atoms with Gasteiger partial charge in [0.2, 0.25) is 5.91 Å². The van der Waals surface area contributed by atoms with Crippen LogP contribution in [0.5, 0.6) is 0 Å². The zero-order valence-electron chi connectivity index (χ0n) is 11.5. The van der Waals surface area contributed by atoms with E-state index in [1.54, 1.807) is 0 Å². The van der Waals surface area contributed by atoms with E-state index >= 15 is 0 Å². The number of hydrogen-bond acceptors (Lipinski definition) is 3. The second-order valence-corrected chi connectivity index (χ2v) is 5.26. The van der Waals surface area contributed by atoms with E-state index in [0.29, 0.717) is 6.54 Å². The average molecular weight is 241 g/mol. The van der Waals surface area contributed by atoms with Crippen molar-refractivity contribution in [1.82, 2.24) is 15.1 Å². The molecule has 0 spiro atoms. The summed E-state index contributed by atoms with van der Waals surface area (Å²) in [6.45, 7) is 6.29. The summed E-state index contributed by atoms with van der Waals surface area (Å²) in [5.74, 6) is 1.08. The molecule has 0 unspecified atom stereocenters. The summed E-state index contributed by atoms with van der Waals surface area (Å²) in [6.07, 6.45) is 3.70. The van der Waals surface area contributed by atoms with Crippen molar-refractivity contribution in [2.24, 2.45) is 5.92 Å². The summed E-state index contributed by atoms with van der Waals surface area (Å²) in [6, 6.07) is 0. The third kappa shape index (κ3) is 6.64. The number of amides is 1. The Kier molecular flexibility index (Phi) is 6.52. The summed E-state index contributed by atoms with van der Waals surface area (Å²) in [5.41, 5.74) is 0. The lowest BCUT2D eigenvalue weighted by atomic mass is 10.3. The maximum absolute atomic E-state index is 12.0. The molecule has 1 fully saturated rings. The smallest absolute Gasteiger partial charge is 0.236 e. The van der Waals surface area contributed by atoms with Gasteiger partial charge in [0.05, 0.1) is 6.54 Å². The molecule has 0 aromatic carbocycles. The van der Waals surface area contributed by atoms with Crippen LogP contribution in [0.1, 0.15) is 26.2 Å². The molecular weight excluding hydrogens is 214 g/mol. The van der Waals surface area contributed by atoms with Crippen molar-refractivity contribution < 1.29 is 4.79 Å². The van der Waals surface area contributed by atoms with Crippen LogP contribution < -0.4 is 5.32 Å². The number of rotatable bonds is 9. The molecular formula is C13H27N3O. The van der Waals surface area contributed by atoms with Gasteiger partial charge in [0.1, 0.15) is 0 Å². The van der Waals surface area contributed by atoms with Crippen LogP contribution >= 0.6 is 0 Å². The first-order chi connectivity index (χ1) is 8.13. The van der Waals surface area contributed by atoms with Crippen molar-refractivity contribution in [3.05, 3.63) is 0 Å². The van der Waals surface area contributed by atoms with Crippen molar-refractivity contribution >= 4 is 5.91 Å². The zero-order chi connectivity index (χ0) is 12.7. The van der Waals surface area contributed by atoms with E-state index in [4.69, 9.17) is 0 Å². The predicted molar refractivity (Wildman–Crippen MR) is 71.0 cm³/mol. The molecule has 1 aliphatic carbocycles. The van der Waals surface area contributed by atoms with Gasteiger partial charge in [-0.2, -0.15) is 0 Å². The fourth-order valence-electron chi connectivity index (χ4n) is 1.77. The van der Waals surface area contributed by atoms with Gasteiger partial charge < -0.3 is 15.1 Å². The molecule has 1 aliphatic rings. The van der Waals surface area contributed by atoms with E-state index < -0.39 is 0 Å². The first-order valence-corrected chi connectivity index (χ1v) is 6.76. The van der Waals surface area contributed by atoms with E-state index in [1.807, 2.05) is 19.0 Å². The Bertz CT molecular complexity index is 227. The minimum absolute atomic E-state index is 0.245. The third-order valence-corrected chi connectivity index (χ3v) is 3.07. The number of nitrogens with one attached hydrogen (secondary N) is 1. The summed E-state index contributed by atoms with van der Waals surface area (Å²) < 4.78 is 0. The Morgan fingerprint density at radius 1 is 1.24 bits per heavy atom. The number of carbonyl (C=O) groups is 1. The zero-order valence-corrected chi connectivity index (χ0v) is 11.5. The van der Waals surface area contributed by atoms with Gasteiger partial charge in [-0.1, -0.05) is 6.92 Å². The van der Waals surface area contributed by atoms with E-state index in [9.17, 15) is 4.79 Å². The van der Waals surface area contributed by atoms with Crippen molar-refractivity contribution in [1.29, 1.82) is 0 Å². The first-order valence-electron chi connectivity index (χ1n) is 6.76. The lowest BCUT2D eigenvalue weighted by Gasteiger charge is -2.24. The fraction of sp³-hybridized carbons (Fsp3) is 0.923. The molecule has 17 heavy (non-hydrogen) atoms. The summed E-state index contributed by atoms with van der Waals surface area (Å²) in [5, 5.41) is 3.27. The Balaban J connectivity index is 2.19. The fourth-order valence-corrected chi connectivity index (χ4v) is 1.77. The molecule has 0 aromatic rings. The van der Waals surface area contributed by atoms with Gasteiger partial charge in [-0.05, 0) is 45.8 Å². The van der Waals surface area contributed by atoms with Crippen LogP contribution in [0, 0.1) is 5.92 Å². The van der Waals surface area contributed by atoms with Gasteiger partial charge in [-0.3, -0.25) is 4.79 Å². The van der Waals surface area contributed by atoms with Crippen molar-refractivity contribution in [3.8, 4) is 0 Å². The molecule has 1 saturated carbocycles. The van der Waals surface area contributed by atoms with Crippen molar-refractivity contribution in [2.45, 2.75) is 26.2 Å². The van der Waals surface area contributed by atoms with E-state index in [1.165, 1.54) is 12.8 Å². The lowest BCUT2D eigenvalue weighted by molar-refractivity contribution is -0.130. The second-order valence-electron chi connectivity index (χ2n) is 5.26. The summed E-state index contributed by atoms with van der Waals surface area (Å²) in [7, 11) is 4.08. The molecule has 0 saturated heterocycles. The van der Waals surface area contributed by atoms with Gasteiger partial charge in [-0.25, -0.2) is 0 Å². The Morgan fingerprint density at radius 3 is 2.47 bits per heavy atom. The molecule has 0 radical (unpaired) electrons. The summed E-state index contributed by atoms with van der Waals surface area (Å²) >= 11 is 0. The Morgan fingerprint density at radius 2 is 1.94 bits per heavy atom. The van der Waals surface area contributed by atoms with Crippen molar-refractivity contribution in [3.63, 3.8) is 0 Å². The molecule has 100 valence electrons. The Labute approximate surface area is 105 Å². The monoisotopic (exact) mass is 241 g/mol. The van der Waals surface area contributed by atoms with E-state index in [2.05, 4.69) is 17.1 Å². The lowest BCUT2D eigenvalue weighted by Crippen LogP contribution is -2.42. The molecule has 0 aromatic heterocycles. The molecule has 4 nitrogen and oxygen atoms in total. The quantitative estimate of drug-likeness (QED) is 0.648. The van der Waals surface area contributed by atoms with Gasteiger partial charge in [-0.15, -0.1) is 0 Å². The van der Waals surface area contributed by atoms with Crippen molar-refractivity contribution in [2.75, 3.05) is 46.8 Å². The molecule has 1 rings (SSSR count). The van der Waals surface area contributed by atoms with Crippen LogP contribution in [0.25, 0.3) is 0 Å². The SMILES string of the molecule is CCCN(CCN(C)C)C(=O)CNCC1CC1. The van der Waals surface area contributed by atoms with Crippen LogP contribution in [-0.4, -0.2) is 62.5 Å². The van der Waals surface area contributed by atoms with Gasteiger partial charge in [0, 0.05) is 19.6 Å². The average Bonchev–Trinajstić information content (AvgIpc) is 3.07. The minimum Gasteiger partial charge on any atom is -0.340 e. The highest BCUT2D eigenvalue weighted by atomic mass is 16.2. The molecule has 1 amide bonds. The number of hydrogen-bond donors (Lipinski definition) is 1. The number of carbonyl (C=O) groups excluding carboxylic acids is 1. The van der Waals surface area contributed by atoms with Crippen LogP contribution in [-0.2, 0) is 4.79 Å². The van der Waals surface area contributed by atoms with E-state index in [-0.39, 0.29) is 5.91 Å². The normalized spacial score (nSPS) is 15.3. The minimum atomic E-state index is 0.245. The molecule has 0 bridgehead atoms. The van der Waals surface area contributed by atoms with Crippen LogP contribution in [0.15, 0.2) is 0 Å². The highest BCUT2D eigenvalue weighted by Gasteiger charge is 2.21. The maximum Gasteiger partial charge on any atom is 0.236 e. The predicted octanol–water partition coefficient (Wildman–Crippen LogP) is 0.786. The largest absolute Gasteiger partial charge is 0.340 e. The Hall–Kier alpha value is -0.610. The third-order valence-electron chi connectivity index (χ3n) is 3.07. The highest BCUT2D eigenvalue weighted by Crippen LogP contribution is 2.27. The van der Waals surface area contributed by atoms with Gasteiger partial charge in [0.15, 0.2) is 0 Å². The number of nitrogens with zero attached hydrogens (tertiary/aromatic N) is 2.